The summed E-state index contributed by atoms with van der Waals surface area (Å²) in [7, 11) is 0. The van der Waals surface area contributed by atoms with Gasteiger partial charge in [0.2, 0.25) is 0 Å². The Bertz CT molecular complexity index is 95.1. The monoisotopic (exact) mass is 147 g/mol. The van der Waals surface area contributed by atoms with Gasteiger partial charge in [-0.3, -0.25) is 9.52 Å². The summed E-state index contributed by atoms with van der Waals surface area (Å²) in [6.07, 6.45) is 1.89. The Morgan fingerprint density at radius 3 is 2.44 bits per heavy atom. The van der Waals surface area contributed by atoms with Crippen LogP contribution in [0.1, 0.15) is 26.7 Å². The highest BCUT2D eigenvalue weighted by atomic mass is 32.1. The van der Waals surface area contributed by atoms with Crippen LogP contribution < -0.4 is 4.72 Å². The van der Waals surface area contributed by atoms with E-state index < -0.39 is 0 Å². The molecule has 3 heteroatoms. The van der Waals surface area contributed by atoms with Gasteiger partial charge in [0.1, 0.15) is 5.78 Å². The molecule has 1 N–H and O–H groups in total. The maximum Gasteiger partial charge on any atom is 0.147 e. The number of nitrogens with one attached hydrogen (secondary N) is 1. The molecule has 0 unspecified atom stereocenters. The fraction of sp³-hybridized carbons (Fsp3) is 0.833. The zero-order valence-electron chi connectivity index (χ0n) is 5.85. The molecule has 0 aliphatic rings. The molecule has 0 aromatic rings. The molecule has 0 radical (unpaired) electrons. The first-order valence-electron chi connectivity index (χ1n) is 3.12. The predicted octanol–water partition coefficient (Wildman–Crippen LogP) is 1.18. The molecule has 54 valence electrons. The molecule has 0 heterocycles. The molecule has 0 aromatic carbocycles. The van der Waals surface area contributed by atoms with Crippen molar-refractivity contribution in [3.63, 3.8) is 0 Å². The highest BCUT2D eigenvalue weighted by Crippen LogP contribution is 1.97. The second-order valence-electron chi connectivity index (χ2n) is 2.08. The Morgan fingerprint density at radius 1 is 1.78 bits per heavy atom. The lowest BCUT2D eigenvalue weighted by Gasteiger charge is -2.08. The Labute approximate surface area is 61.6 Å². The third-order valence-corrected chi connectivity index (χ3v) is 1.54. The SMILES string of the molecule is CCC[C@H](NS)C(C)=O. The maximum atomic E-state index is 10.7. The van der Waals surface area contributed by atoms with Crippen molar-refractivity contribution >= 4 is 18.6 Å². The van der Waals surface area contributed by atoms with Gasteiger partial charge in [-0.1, -0.05) is 26.2 Å². The average molecular weight is 147 g/mol. The van der Waals surface area contributed by atoms with Gasteiger partial charge in [-0.15, -0.1) is 0 Å². The molecule has 2 nitrogen and oxygen atoms in total. The van der Waals surface area contributed by atoms with Crippen molar-refractivity contribution in [3.8, 4) is 0 Å². The number of carbonyl (C=O) groups is 1. The molecule has 0 aromatic heterocycles. The molecular weight excluding hydrogens is 134 g/mol. The minimum Gasteiger partial charge on any atom is -0.298 e. The molecule has 0 bridgehead atoms. The van der Waals surface area contributed by atoms with E-state index in [-0.39, 0.29) is 11.8 Å². The van der Waals surface area contributed by atoms with Crippen molar-refractivity contribution in [2.24, 2.45) is 0 Å². The van der Waals surface area contributed by atoms with Crippen molar-refractivity contribution in [1.82, 2.24) is 4.72 Å². The van der Waals surface area contributed by atoms with Crippen LogP contribution in [0.3, 0.4) is 0 Å². The van der Waals surface area contributed by atoms with Crippen LogP contribution in [0.2, 0.25) is 0 Å². The zero-order valence-corrected chi connectivity index (χ0v) is 6.74. The molecule has 0 saturated carbocycles. The maximum absolute atomic E-state index is 10.7. The second kappa shape index (κ2) is 4.82. The third-order valence-electron chi connectivity index (χ3n) is 1.22. The third kappa shape index (κ3) is 3.54. The van der Waals surface area contributed by atoms with Crippen LogP contribution in [0.5, 0.6) is 0 Å². The molecule has 0 spiro atoms. The summed E-state index contributed by atoms with van der Waals surface area (Å²) in [5.74, 6) is 0.159. The molecule has 0 amide bonds. The van der Waals surface area contributed by atoms with Gasteiger partial charge < -0.3 is 0 Å². The lowest BCUT2D eigenvalue weighted by molar-refractivity contribution is -0.118. The van der Waals surface area contributed by atoms with Crippen LogP contribution in [0.15, 0.2) is 0 Å². The summed E-state index contributed by atoms with van der Waals surface area (Å²) in [6.45, 7) is 3.62. The highest BCUT2D eigenvalue weighted by Gasteiger charge is 2.08. The predicted molar refractivity (Wildman–Crippen MR) is 41.5 cm³/mol. The van der Waals surface area contributed by atoms with E-state index in [2.05, 4.69) is 17.5 Å². The number of rotatable bonds is 4. The fourth-order valence-electron chi connectivity index (χ4n) is 0.647. The van der Waals surface area contributed by atoms with E-state index in [4.69, 9.17) is 0 Å². The average Bonchev–Trinajstić information content (AvgIpc) is 1.82. The van der Waals surface area contributed by atoms with E-state index in [1.165, 1.54) is 0 Å². The molecular formula is C6H13NOS. The number of Topliss-reactive ketones (excluding diaryl/α,β-unsaturated/α-hetero) is 1. The van der Waals surface area contributed by atoms with E-state index in [9.17, 15) is 4.79 Å². The summed E-state index contributed by atoms with van der Waals surface area (Å²) in [6, 6.07) is -0.0571. The van der Waals surface area contributed by atoms with Crippen LogP contribution in [-0.2, 0) is 4.79 Å². The van der Waals surface area contributed by atoms with Gasteiger partial charge >= 0.3 is 0 Å². The highest BCUT2D eigenvalue weighted by molar-refractivity contribution is 7.78. The molecule has 0 aliphatic heterocycles. The van der Waals surface area contributed by atoms with E-state index in [1.54, 1.807) is 6.92 Å². The number of thiol groups is 1. The molecule has 0 aliphatic carbocycles. The van der Waals surface area contributed by atoms with Crippen molar-refractivity contribution in [2.45, 2.75) is 32.7 Å². The summed E-state index contributed by atoms with van der Waals surface area (Å²) in [4.78, 5) is 10.7. The first-order chi connectivity index (χ1) is 4.22. The Kier molecular flexibility index (Phi) is 4.81. The van der Waals surface area contributed by atoms with Gasteiger partial charge in [0.25, 0.3) is 0 Å². The first-order valence-corrected chi connectivity index (χ1v) is 3.57. The standard InChI is InChI=1S/C6H13NOS/c1-3-4-6(7-9)5(2)8/h6-7,9H,3-4H2,1-2H3/t6-/m0/s1. The van der Waals surface area contributed by atoms with Gasteiger partial charge in [-0.25, -0.2) is 0 Å². The van der Waals surface area contributed by atoms with Crippen molar-refractivity contribution < 1.29 is 4.79 Å². The van der Waals surface area contributed by atoms with Crippen LogP contribution in [0.25, 0.3) is 0 Å². The zero-order chi connectivity index (χ0) is 7.28. The molecule has 9 heavy (non-hydrogen) atoms. The van der Waals surface area contributed by atoms with Gasteiger partial charge in [0.15, 0.2) is 0 Å². The normalized spacial score (nSPS) is 13.2. The van der Waals surface area contributed by atoms with Crippen molar-refractivity contribution in [3.05, 3.63) is 0 Å². The van der Waals surface area contributed by atoms with Gasteiger partial charge in [0.05, 0.1) is 6.04 Å². The number of carbonyl (C=O) groups excluding carboxylic acids is 1. The summed E-state index contributed by atoms with van der Waals surface area (Å²) >= 11 is 3.82. The summed E-state index contributed by atoms with van der Waals surface area (Å²) in [5.41, 5.74) is 0. The quantitative estimate of drug-likeness (QED) is 0.585. The minimum absolute atomic E-state index is 0.0571. The number of ketones is 1. The smallest absolute Gasteiger partial charge is 0.147 e. The van der Waals surface area contributed by atoms with Crippen molar-refractivity contribution in [1.29, 1.82) is 0 Å². The Hall–Kier alpha value is -0.0200. The van der Waals surface area contributed by atoms with Crippen LogP contribution >= 0.6 is 12.8 Å². The molecule has 0 saturated heterocycles. The summed E-state index contributed by atoms with van der Waals surface area (Å²) < 4.78 is 2.65. The molecule has 0 rings (SSSR count). The van der Waals surface area contributed by atoms with Crippen LogP contribution in [0, 0.1) is 0 Å². The lowest BCUT2D eigenvalue weighted by atomic mass is 10.1. The van der Waals surface area contributed by atoms with Gasteiger partial charge in [0, 0.05) is 0 Å². The van der Waals surface area contributed by atoms with Crippen LogP contribution in [0.4, 0.5) is 0 Å². The largest absolute Gasteiger partial charge is 0.298 e. The van der Waals surface area contributed by atoms with Crippen molar-refractivity contribution in [2.75, 3.05) is 0 Å². The van der Waals surface area contributed by atoms with E-state index in [0.717, 1.165) is 12.8 Å². The van der Waals surface area contributed by atoms with E-state index in [0.29, 0.717) is 0 Å². The topological polar surface area (TPSA) is 29.1 Å². The van der Waals surface area contributed by atoms with E-state index >= 15 is 0 Å². The fourth-order valence-corrected chi connectivity index (χ4v) is 0.958. The number of hydrogen-bond acceptors (Lipinski definition) is 3. The minimum atomic E-state index is -0.0571. The Morgan fingerprint density at radius 2 is 2.33 bits per heavy atom. The van der Waals surface area contributed by atoms with E-state index in [1.807, 2.05) is 6.92 Å². The Balaban J connectivity index is 3.54. The van der Waals surface area contributed by atoms with Gasteiger partial charge in [-0.2, -0.15) is 0 Å². The molecule has 1 atom stereocenters. The summed E-state index contributed by atoms with van der Waals surface area (Å²) in [5, 5.41) is 0. The first kappa shape index (κ1) is 8.98. The number of hydrogen-bond donors (Lipinski definition) is 2. The molecule has 0 fully saturated rings. The second-order valence-corrected chi connectivity index (χ2v) is 2.34. The van der Waals surface area contributed by atoms with Gasteiger partial charge in [-0.05, 0) is 13.3 Å². The lowest BCUT2D eigenvalue weighted by Crippen LogP contribution is -2.28. The van der Waals surface area contributed by atoms with Crippen LogP contribution in [-0.4, -0.2) is 11.8 Å².